The Labute approximate surface area is 152 Å². The maximum absolute atomic E-state index is 11.9. The second-order valence-electron chi connectivity index (χ2n) is 6.33. The summed E-state index contributed by atoms with van der Waals surface area (Å²) in [7, 11) is 0. The predicted octanol–water partition coefficient (Wildman–Crippen LogP) is 2.19. The van der Waals surface area contributed by atoms with E-state index in [9.17, 15) is 14.7 Å². The van der Waals surface area contributed by atoms with Gasteiger partial charge in [-0.25, -0.2) is 4.79 Å². The molecule has 136 valence electrons. The minimum absolute atomic E-state index is 0.0506. The maximum atomic E-state index is 11.9. The van der Waals surface area contributed by atoms with Crippen LogP contribution in [0.25, 0.3) is 0 Å². The van der Waals surface area contributed by atoms with Gasteiger partial charge in [0.25, 0.3) is 5.91 Å². The molecule has 2 aromatic rings. The second kappa shape index (κ2) is 8.38. The highest BCUT2D eigenvalue weighted by Gasteiger charge is 2.23. The minimum Gasteiger partial charge on any atom is -0.507 e. The van der Waals surface area contributed by atoms with Gasteiger partial charge in [-0.05, 0) is 36.6 Å². The Morgan fingerprint density at radius 3 is 2.62 bits per heavy atom. The Bertz CT molecular complexity index is 763. The predicted molar refractivity (Wildman–Crippen MR) is 98.2 cm³/mol. The quantitative estimate of drug-likeness (QED) is 0.778. The average molecular weight is 354 g/mol. The van der Waals surface area contributed by atoms with Crippen LogP contribution in [0.3, 0.4) is 0 Å². The number of phenols is 1. The Balaban J connectivity index is 1.40. The number of ether oxygens (including phenoxy) is 1. The highest BCUT2D eigenvalue weighted by atomic mass is 16.5. The van der Waals surface area contributed by atoms with E-state index < -0.39 is 5.97 Å². The summed E-state index contributed by atoms with van der Waals surface area (Å²) in [6.07, 6.45) is 1.01. The van der Waals surface area contributed by atoms with E-state index in [1.54, 1.807) is 12.1 Å². The zero-order chi connectivity index (χ0) is 18.4. The number of carbonyl (C=O) groups is 2. The van der Waals surface area contributed by atoms with Crippen LogP contribution in [-0.2, 0) is 9.53 Å². The van der Waals surface area contributed by atoms with Crippen LogP contribution < -0.4 is 10.2 Å². The van der Waals surface area contributed by atoms with E-state index >= 15 is 0 Å². The highest BCUT2D eigenvalue weighted by Crippen LogP contribution is 2.23. The smallest absolute Gasteiger partial charge is 0.342 e. The topological polar surface area (TPSA) is 78.9 Å². The van der Waals surface area contributed by atoms with Crippen LogP contribution in [0, 0.1) is 5.92 Å². The summed E-state index contributed by atoms with van der Waals surface area (Å²) in [6.45, 7) is 2.05. The molecule has 1 saturated heterocycles. The Morgan fingerprint density at radius 1 is 1.12 bits per heavy atom. The Hall–Kier alpha value is -3.02. The van der Waals surface area contributed by atoms with Gasteiger partial charge in [-0.1, -0.05) is 30.3 Å². The fraction of sp³-hybridized carbons (Fsp3) is 0.300. The molecule has 6 heteroatoms. The molecule has 0 aromatic heterocycles. The lowest BCUT2D eigenvalue weighted by atomic mass is 10.1. The van der Waals surface area contributed by atoms with E-state index in [-0.39, 0.29) is 23.8 Å². The third-order valence-corrected chi connectivity index (χ3v) is 4.45. The number of aromatic hydroxyl groups is 1. The molecule has 1 aliphatic rings. The van der Waals surface area contributed by atoms with Gasteiger partial charge in [-0.3, -0.25) is 4.79 Å². The van der Waals surface area contributed by atoms with Gasteiger partial charge >= 0.3 is 5.97 Å². The molecule has 6 nitrogen and oxygen atoms in total. The van der Waals surface area contributed by atoms with Crippen LogP contribution in [0.15, 0.2) is 54.6 Å². The van der Waals surface area contributed by atoms with Crippen LogP contribution in [0.2, 0.25) is 0 Å². The van der Waals surface area contributed by atoms with Crippen LogP contribution in [-0.4, -0.2) is 43.2 Å². The summed E-state index contributed by atoms with van der Waals surface area (Å²) < 4.78 is 4.95. The molecule has 3 rings (SSSR count). The molecule has 1 fully saturated rings. The number of amides is 1. The molecule has 1 atom stereocenters. The lowest BCUT2D eigenvalue weighted by molar-refractivity contribution is -0.124. The van der Waals surface area contributed by atoms with Gasteiger partial charge in [0, 0.05) is 25.3 Å². The molecule has 0 saturated carbocycles. The van der Waals surface area contributed by atoms with Gasteiger partial charge in [0.2, 0.25) is 0 Å². The molecular weight excluding hydrogens is 332 g/mol. The second-order valence-corrected chi connectivity index (χ2v) is 6.33. The van der Waals surface area contributed by atoms with Crippen molar-refractivity contribution >= 4 is 17.6 Å². The summed E-state index contributed by atoms with van der Waals surface area (Å²) in [5.74, 6) is -0.848. The van der Waals surface area contributed by atoms with Crippen molar-refractivity contribution in [3.8, 4) is 5.75 Å². The number of para-hydroxylation sites is 2. The van der Waals surface area contributed by atoms with E-state index in [2.05, 4.69) is 22.3 Å². The normalized spacial score (nSPS) is 16.3. The summed E-state index contributed by atoms with van der Waals surface area (Å²) in [4.78, 5) is 26.1. The van der Waals surface area contributed by atoms with E-state index in [0.717, 1.165) is 19.5 Å². The zero-order valence-electron chi connectivity index (χ0n) is 14.4. The molecule has 1 amide bonds. The molecular formula is C20H22N2O4. The van der Waals surface area contributed by atoms with Crippen molar-refractivity contribution in [2.45, 2.75) is 6.42 Å². The van der Waals surface area contributed by atoms with Crippen molar-refractivity contribution in [3.05, 3.63) is 60.2 Å². The molecule has 26 heavy (non-hydrogen) atoms. The van der Waals surface area contributed by atoms with Crippen molar-refractivity contribution < 1.29 is 19.4 Å². The van der Waals surface area contributed by atoms with Crippen LogP contribution in [0.5, 0.6) is 5.75 Å². The van der Waals surface area contributed by atoms with Crippen LogP contribution in [0.1, 0.15) is 16.8 Å². The fourth-order valence-corrected chi connectivity index (χ4v) is 3.04. The van der Waals surface area contributed by atoms with Crippen molar-refractivity contribution in [1.29, 1.82) is 0 Å². The number of hydrogen-bond donors (Lipinski definition) is 2. The van der Waals surface area contributed by atoms with E-state index in [1.165, 1.54) is 17.8 Å². The summed E-state index contributed by atoms with van der Waals surface area (Å²) in [6, 6.07) is 16.3. The first-order valence-electron chi connectivity index (χ1n) is 8.65. The fourth-order valence-electron chi connectivity index (χ4n) is 3.04. The molecule has 1 heterocycles. The first-order valence-corrected chi connectivity index (χ1v) is 8.65. The SMILES string of the molecule is O=C(COC(=O)c1ccccc1O)NC[C@H]1CCN(c2ccccc2)C1. The van der Waals surface area contributed by atoms with Crippen molar-refractivity contribution in [2.24, 2.45) is 5.92 Å². The number of benzene rings is 2. The highest BCUT2D eigenvalue weighted by molar-refractivity contribution is 5.93. The number of nitrogens with one attached hydrogen (secondary N) is 1. The summed E-state index contributed by atoms with van der Waals surface area (Å²) >= 11 is 0. The Kier molecular flexibility index (Phi) is 5.73. The largest absolute Gasteiger partial charge is 0.507 e. The van der Waals surface area contributed by atoms with E-state index in [0.29, 0.717) is 12.5 Å². The van der Waals surface area contributed by atoms with Gasteiger partial charge in [0.15, 0.2) is 6.61 Å². The maximum Gasteiger partial charge on any atom is 0.342 e. The molecule has 2 N–H and O–H groups in total. The van der Waals surface area contributed by atoms with Gasteiger partial charge < -0.3 is 20.1 Å². The molecule has 0 aliphatic carbocycles. The molecule has 0 unspecified atom stereocenters. The van der Waals surface area contributed by atoms with Gasteiger partial charge in [-0.15, -0.1) is 0 Å². The first-order chi connectivity index (χ1) is 12.6. The number of hydrogen-bond acceptors (Lipinski definition) is 5. The number of carbonyl (C=O) groups excluding carboxylic acids is 2. The van der Waals surface area contributed by atoms with Crippen LogP contribution >= 0.6 is 0 Å². The lowest BCUT2D eigenvalue weighted by Crippen LogP contribution is -2.34. The molecule has 0 spiro atoms. The number of phenolic OH excluding ortho intramolecular Hbond substituents is 1. The standard InChI is InChI=1S/C20H22N2O4/c23-18-9-5-4-8-17(18)20(25)26-14-19(24)21-12-15-10-11-22(13-15)16-6-2-1-3-7-16/h1-9,15,23H,10-14H2,(H,21,24)/t15-/m1/s1. The first kappa shape index (κ1) is 17.8. The molecule has 2 aromatic carbocycles. The summed E-state index contributed by atoms with van der Waals surface area (Å²) in [5.41, 5.74) is 1.24. The van der Waals surface area contributed by atoms with Gasteiger partial charge in [-0.2, -0.15) is 0 Å². The lowest BCUT2D eigenvalue weighted by Gasteiger charge is -2.18. The molecule has 0 bridgehead atoms. The van der Waals surface area contributed by atoms with Gasteiger partial charge in [0.05, 0.1) is 0 Å². The third-order valence-electron chi connectivity index (χ3n) is 4.45. The van der Waals surface area contributed by atoms with Crippen LogP contribution in [0.4, 0.5) is 5.69 Å². The zero-order valence-corrected chi connectivity index (χ0v) is 14.4. The van der Waals surface area contributed by atoms with Crippen molar-refractivity contribution in [3.63, 3.8) is 0 Å². The van der Waals surface area contributed by atoms with E-state index in [1.807, 2.05) is 18.2 Å². The molecule has 0 radical (unpaired) electrons. The number of nitrogens with zero attached hydrogens (tertiary/aromatic N) is 1. The van der Waals surface area contributed by atoms with E-state index in [4.69, 9.17) is 4.74 Å². The number of esters is 1. The number of anilines is 1. The third kappa shape index (κ3) is 4.53. The molecule has 1 aliphatic heterocycles. The number of rotatable bonds is 6. The van der Waals surface area contributed by atoms with Crippen molar-refractivity contribution in [2.75, 3.05) is 31.1 Å². The van der Waals surface area contributed by atoms with Gasteiger partial charge in [0.1, 0.15) is 11.3 Å². The van der Waals surface area contributed by atoms with Crippen molar-refractivity contribution in [1.82, 2.24) is 5.32 Å². The Morgan fingerprint density at radius 2 is 1.85 bits per heavy atom. The monoisotopic (exact) mass is 354 g/mol. The summed E-state index contributed by atoms with van der Waals surface area (Å²) in [5, 5.41) is 12.4. The minimum atomic E-state index is -0.714. The average Bonchev–Trinajstić information content (AvgIpc) is 3.14.